The lowest BCUT2D eigenvalue weighted by molar-refractivity contribution is 0.0528. The number of anilines is 2. The quantitative estimate of drug-likeness (QED) is 0.322. The molecule has 0 unspecified atom stereocenters. The number of hydrogen-bond acceptors (Lipinski definition) is 6. The lowest BCUT2D eigenvalue weighted by atomic mass is 10.1. The van der Waals surface area contributed by atoms with Gasteiger partial charge in [0, 0.05) is 17.0 Å². The zero-order chi connectivity index (χ0) is 23.1. The lowest BCUT2D eigenvalue weighted by Gasteiger charge is -2.11. The van der Waals surface area contributed by atoms with E-state index in [4.69, 9.17) is 17.0 Å². The lowest BCUT2D eigenvalue weighted by Crippen LogP contribution is -2.20. The van der Waals surface area contributed by atoms with Crippen LogP contribution < -0.4 is 15.4 Å². The molecule has 3 rings (SSSR count). The molecule has 7 nitrogen and oxygen atoms in total. The molecule has 0 amide bonds. The summed E-state index contributed by atoms with van der Waals surface area (Å²) in [5.74, 6) is -0.421. The fourth-order valence-corrected chi connectivity index (χ4v) is 4.98. The molecule has 0 bridgehead atoms. The van der Waals surface area contributed by atoms with E-state index in [9.17, 15) is 13.2 Å². The minimum atomic E-state index is -3.51. The molecule has 0 aliphatic rings. The third-order valence-electron chi connectivity index (χ3n) is 4.42. The molecule has 0 spiro atoms. The second-order valence-corrected chi connectivity index (χ2v) is 10.1. The van der Waals surface area contributed by atoms with E-state index in [1.807, 2.05) is 36.4 Å². The van der Waals surface area contributed by atoms with Gasteiger partial charge in [0.25, 0.3) is 0 Å². The SMILES string of the molecule is CCOC(=O)c1cc(Cc2ccccc2)sc1NC(=S)Nc1ccc(S(=O)(=O)NC)cc1. The summed E-state index contributed by atoms with van der Waals surface area (Å²) < 4.78 is 31.2. The van der Waals surface area contributed by atoms with Gasteiger partial charge in [0.1, 0.15) is 5.00 Å². The van der Waals surface area contributed by atoms with E-state index in [1.54, 1.807) is 19.1 Å². The van der Waals surface area contributed by atoms with Crippen LogP contribution in [0.2, 0.25) is 0 Å². The average Bonchev–Trinajstić information content (AvgIpc) is 3.17. The fourth-order valence-electron chi connectivity index (χ4n) is 2.88. The Kier molecular flexibility index (Phi) is 7.97. The molecule has 0 atom stereocenters. The number of rotatable bonds is 8. The number of benzene rings is 2. The number of carbonyl (C=O) groups excluding carboxylic acids is 1. The summed E-state index contributed by atoms with van der Waals surface area (Å²) in [7, 11) is -2.16. The van der Waals surface area contributed by atoms with Crippen molar-refractivity contribution in [3.63, 3.8) is 0 Å². The maximum Gasteiger partial charge on any atom is 0.341 e. The van der Waals surface area contributed by atoms with Gasteiger partial charge in [0.05, 0.1) is 17.1 Å². The van der Waals surface area contributed by atoms with Gasteiger partial charge in [0.2, 0.25) is 10.0 Å². The zero-order valence-electron chi connectivity index (χ0n) is 17.5. The van der Waals surface area contributed by atoms with Crippen molar-refractivity contribution in [3.8, 4) is 0 Å². The molecule has 0 aliphatic heterocycles. The van der Waals surface area contributed by atoms with Crippen LogP contribution in [0.3, 0.4) is 0 Å². The predicted molar refractivity (Wildman–Crippen MR) is 132 cm³/mol. The fraction of sp³-hybridized carbons (Fsp3) is 0.182. The summed E-state index contributed by atoms with van der Waals surface area (Å²) in [5, 5.41) is 6.93. The molecule has 0 fully saturated rings. The number of carbonyl (C=O) groups is 1. The summed E-state index contributed by atoms with van der Waals surface area (Å²) in [6, 6.07) is 18.0. The topological polar surface area (TPSA) is 96.5 Å². The Labute approximate surface area is 196 Å². The smallest absolute Gasteiger partial charge is 0.341 e. The van der Waals surface area contributed by atoms with Gasteiger partial charge in [-0.05, 0) is 62.1 Å². The number of thiophene rings is 1. The van der Waals surface area contributed by atoms with Gasteiger partial charge in [0.15, 0.2) is 5.11 Å². The number of sulfonamides is 1. The summed E-state index contributed by atoms with van der Waals surface area (Å²) in [6.45, 7) is 2.03. The second kappa shape index (κ2) is 10.7. The Bertz CT molecular complexity index is 1190. The molecule has 2 aromatic carbocycles. The van der Waals surface area contributed by atoms with Crippen LogP contribution in [0.4, 0.5) is 10.7 Å². The van der Waals surface area contributed by atoms with Crippen molar-refractivity contribution in [2.24, 2.45) is 0 Å². The summed E-state index contributed by atoms with van der Waals surface area (Å²) in [4.78, 5) is 13.6. The molecule has 0 saturated heterocycles. The van der Waals surface area contributed by atoms with Gasteiger partial charge in [-0.25, -0.2) is 17.9 Å². The molecular weight excluding hydrogens is 466 g/mol. The van der Waals surface area contributed by atoms with E-state index in [1.165, 1.54) is 30.5 Å². The molecule has 0 saturated carbocycles. The first-order chi connectivity index (χ1) is 15.3. The molecule has 32 heavy (non-hydrogen) atoms. The second-order valence-electron chi connectivity index (χ2n) is 6.65. The van der Waals surface area contributed by atoms with Crippen LogP contribution in [0, 0.1) is 0 Å². The maximum atomic E-state index is 12.4. The minimum Gasteiger partial charge on any atom is -0.462 e. The predicted octanol–water partition coefficient (Wildman–Crippen LogP) is 4.23. The standard InChI is InChI=1S/C22H23N3O4S3/c1-3-29-21(26)19-14-17(13-15-7-5-4-6-8-15)31-20(19)25-22(30)24-16-9-11-18(12-10-16)32(27,28)23-2/h4-12,14,23H,3,13H2,1-2H3,(H2,24,25,30). The van der Waals surface area contributed by atoms with Crippen LogP contribution in [-0.4, -0.2) is 33.2 Å². The van der Waals surface area contributed by atoms with Gasteiger partial charge < -0.3 is 15.4 Å². The van der Waals surface area contributed by atoms with E-state index in [0.29, 0.717) is 22.7 Å². The molecule has 1 aromatic heterocycles. The minimum absolute atomic E-state index is 0.151. The monoisotopic (exact) mass is 489 g/mol. The van der Waals surface area contributed by atoms with Crippen molar-refractivity contribution in [2.45, 2.75) is 18.2 Å². The molecule has 0 aliphatic carbocycles. The van der Waals surface area contributed by atoms with Crippen LogP contribution >= 0.6 is 23.6 Å². The number of esters is 1. The van der Waals surface area contributed by atoms with Crippen molar-refractivity contribution in [3.05, 3.63) is 76.7 Å². The largest absolute Gasteiger partial charge is 0.462 e. The van der Waals surface area contributed by atoms with E-state index < -0.39 is 16.0 Å². The molecule has 0 radical (unpaired) electrons. The third kappa shape index (κ3) is 6.13. The Morgan fingerprint density at radius 3 is 2.38 bits per heavy atom. The number of ether oxygens (including phenoxy) is 1. The highest BCUT2D eigenvalue weighted by Crippen LogP contribution is 2.31. The first-order valence-corrected chi connectivity index (χ1v) is 12.5. The number of hydrogen-bond donors (Lipinski definition) is 3. The Morgan fingerprint density at radius 1 is 1.06 bits per heavy atom. The van der Waals surface area contributed by atoms with Gasteiger partial charge in [-0.15, -0.1) is 11.3 Å². The molecule has 10 heteroatoms. The van der Waals surface area contributed by atoms with Crippen LogP contribution in [0.1, 0.15) is 27.7 Å². The summed E-state index contributed by atoms with van der Waals surface area (Å²) in [6.07, 6.45) is 0.682. The van der Waals surface area contributed by atoms with Crippen LogP contribution in [0.5, 0.6) is 0 Å². The average molecular weight is 490 g/mol. The van der Waals surface area contributed by atoms with E-state index in [-0.39, 0.29) is 16.6 Å². The zero-order valence-corrected chi connectivity index (χ0v) is 20.0. The van der Waals surface area contributed by atoms with E-state index in [2.05, 4.69) is 15.4 Å². The van der Waals surface area contributed by atoms with Gasteiger partial charge in [-0.2, -0.15) is 0 Å². The van der Waals surface area contributed by atoms with Gasteiger partial charge >= 0.3 is 5.97 Å². The highest BCUT2D eigenvalue weighted by Gasteiger charge is 2.19. The van der Waals surface area contributed by atoms with Gasteiger partial charge in [-0.1, -0.05) is 30.3 Å². The Hall–Kier alpha value is -2.79. The first-order valence-electron chi connectivity index (χ1n) is 9.77. The molecule has 3 aromatic rings. The summed E-state index contributed by atoms with van der Waals surface area (Å²) >= 11 is 6.83. The van der Waals surface area contributed by atoms with Crippen LogP contribution in [-0.2, 0) is 21.2 Å². The van der Waals surface area contributed by atoms with Crippen molar-refractivity contribution in [2.75, 3.05) is 24.3 Å². The van der Waals surface area contributed by atoms with E-state index >= 15 is 0 Å². The molecule has 1 heterocycles. The summed E-state index contributed by atoms with van der Waals surface area (Å²) in [5.41, 5.74) is 2.16. The highest BCUT2D eigenvalue weighted by atomic mass is 32.2. The number of nitrogens with one attached hydrogen (secondary N) is 3. The van der Waals surface area contributed by atoms with Crippen molar-refractivity contribution >= 4 is 55.3 Å². The molecule has 3 N–H and O–H groups in total. The van der Waals surface area contributed by atoms with Crippen molar-refractivity contribution in [1.29, 1.82) is 0 Å². The highest BCUT2D eigenvalue weighted by molar-refractivity contribution is 7.89. The first kappa shape index (κ1) is 23.9. The van der Waals surface area contributed by atoms with Crippen LogP contribution in [0.25, 0.3) is 0 Å². The maximum absolute atomic E-state index is 12.4. The molecular formula is C22H23N3O4S3. The normalized spacial score (nSPS) is 11.1. The van der Waals surface area contributed by atoms with Gasteiger partial charge in [-0.3, -0.25) is 0 Å². The third-order valence-corrected chi connectivity index (χ3v) is 7.10. The van der Waals surface area contributed by atoms with Crippen molar-refractivity contribution in [1.82, 2.24) is 4.72 Å². The Morgan fingerprint density at radius 2 is 1.75 bits per heavy atom. The Balaban J connectivity index is 1.75. The van der Waals surface area contributed by atoms with E-state index in [0.717, 1.165) is 10.4 Å². The number of thiocarbonyl (C=S) groups is 1. The molecule has 168 valence electrons. The van der Waals surface area contributed by atoms with Crippen LogP contribution in [0.15, 0.2) is 65.6 Å². The van der Waals surface area contributed by atoms with Crippen molar-refractivity contribution < 1.29 is 17.9 Å².